The first-order valence-corrected chi connectivity index (χ1v) is 21.3. The maximum Gasteiger partial charge on any atom is 0.0875 e. The van der Waals surface area contributed by atoms with Crippen LogP contribution < -0.4 is 5.32 Å². The maximum atomic E-state index is 6.38. The summed E-state index contributed by atoms with van der Waals surface area (Å²) in [5.41, 5.74) is 5.17. The van der Waals surface area contributed by atoms with Gasteiger partial charge in [0.05, 0.1) is 23.4 Å². The zero-order valence-corrected chi connectivity index (χ0v) is 40.8. The van der Waals surface area contributed by atoms with Crippen LogP contribution in [-0.4, -0.2) is 44.5 Å². The second-order valence-corrected chi connectivity index (χ2v) is 11.8. The molecule has 322 valence electrons. The predicted octanol–water partition coefficient (Wildman–Crippen LogP) is 16.5. The van der Waals surface area contributed by atoms with Gasteiger partial charge in [-0.05, 0) is 96.6 Å². The lowest BCUT2D eigenvalue weighted by Crippen LogP contribution is -2.12. The molecule has 0 unspecified atom stereocenters. The van der Waals surface area contributed by atoms with Gasteiger partial charge in [-0.2, -0.15) is 0 Å². The number of nitrogens with zero attached hydrogens (tertiary/aromatic N) is 2. The van der Waals surface area contributed by atoms with Crippen LogP contribution in [0.1, 0.15) is 142 Å². The maximum absolute atomic E-state index is 6.38. The highest BCUT2D eigenvalue weighted by Crippen LogP contribution is 2.28. The lowest BCUT2D eigenvalue weighted by Gasteiger charge is -2.10. The number of nitrogens with one attached hydrogen (secondary N) is 1. The normalized spacial score (nSPS) is 10.4. The van der Waals surface area contributed by atoms with Crippen LogP contribution in [0, 0.1) is 12.3 Å². The van der Waals surface area contributed by atoms with Gasteiger partial charge < -0.3 is 15.0 Å². The number of terminal acetylenes is 1. The van der Waals surface area contributed by atoms with Gasteiger partial charge in [-0.1, -0.05) is 147 Å². The van der Waals surface area contributed by atoms with Crippen molar-refractivity contribution in [1.29, 1.82) is 0 Å². The van der Waals surface area contributed by atoms with Crippen molar-refractivity contribution in [3.8, 4) is 12.3 Å². The molecule has 0 aromatic heterocycles. The van der Waals surface area contributed by atoms with Gasteiger partial charge in [0, 0.05) is 49.3 Å². The molecule has 0 aliphatic rings. The highest BCUT2D eigenvalue weighted by molar-refractivity contribution is 6.35. The molecule has 0 radical (unpaired) electrons. The summed E-state index contributed by atoms with van der Waals surface area (Å²) < 4.78 is 5.57. The van der Waals surface area contributed by atoms with Gasteiger partial charge in [-0.3, -0.25) is 4.99 Å². The van der Waals surface area contributed by atoms with Crippen LogP contribution in [0.15, 0.2) is 115 Å². The van der Waals surface area contributed by atoms with Gasteiger partial charge in [-0.15, -0.1) is 25.5 Å². The van der Waals surface area contributed by atoms with Crippen LogP contribution >= 0.6 is 23.2 Å². The Morgan fingerprint density at radius 1 is 1.00 bits per heavy atom. The molecule has 0 aliphatic heterocycles. The minimum absolute atomic E-state index is 0.254. The van der Waals surface area contributed by atoms with Crippen molar-refractivity contribution in [2.24, 2.45) is 4.99 Å². The number of rotatable bonds is 18. The highest BCUT2D eigenvalue weighted by Gasteiger charge is 2.06. The van der Waals surface area contributed by atoms with E-state index in [9.17, 15) is 0 Å². The van der Waals surface area contributed by atoms with E-state index in [-0.39, 0.29) is 6.10 Å². The Morgan fingerprint density at radius 2 is 1.55 bits per heavy atom. The number of benzene rings is 1. The molecule has 0 bridgehead atoms. The van der Waals surface area contributed by atoms with Gasteiger partial charge >= 0.3 is 0 Å². The van der Waals surface area contributed by atoms with Crippen LogP contribution in [-0.2, 0) is 4.74 Å². The summed E-state index contributed by atoms with van der Waals surface area (Å²) in [5, 5.41) is 4.40. The Bertz CT molecular complexity index is 1240. The summed E-state index contributed by atoms with van der Waals surface area (Å²) in [6.07, 6.45) is 29.9. The average molecular weight is 817 g/mol. The van der Waals surface area contributed by atoms with Crippen molar-refractivity contribution in [2.45, 2.75) is 142 Å². The fourth-order valence-corrected chi connectivity index (χ4v) is 3.84. The Balaban J connectivity index is -0.000000164. The molecule has 4 nitrogen and oxygen atoms in total. The molecule has 0 amide bonds. The second-order valence-electron chi connectivity index (χ2n) is 10.9. The molecule has 6 heteroatoms. The third kappa shape index (κ3) is 54.9. The first-order valence-electron chi connectivity index (χ1n) is 20.5. The van der Waals surface area contributed by atoms with Crippen LogP contribution in [0.25, 0.3) is 5.70 Å². The van der Waals surface area contributed by atoms with Crippen LogP contribution in [0.5, 0.6) is 0 Å². The zero-order valence-electron chi connectivity index (χ0n) is 39.3. The molecular weight excluding hydrogens is 729 g/mol. The Hall–Kier alpha value is -3.49. The van der Waals surface area contributed by atoms with Gasteiger partial charge in [0.15, 0.2) is 0 Å². The third-order valence-corrected chi connectivity index (χ3v) is 6.05. The molecule has 0 saturated heterocycles. The van der Waals surface area contributed by atoms with Crippen LogP contribution in [0.3, 0.4) is 0 Å². The smallest absolute Gasteiger partial charge is 0.0875 e. The zero-order chi connectivity index (χ0) is 45.2. The summed E-state index contributed by atoms with van der Waals surface area (Å²) in [6.45, 7) is 42.6. The lowest BCUT2D eigenvalue weighted by atomic mass is 10.1. The Kier molecular flexibility index (Phi) is 69.9. The summed E-state index contributed by atoms with van der Waals surface area (Å²) in [4.78, 5) is 6.56. The Labute approximate surface area is 360 Å². The summed E-state index contributed by atoms with van der Waals surface area (Å²) >= 11 is 12.4. The number of ether oxygens (including phenoxy) is 1. The molecule has 0 fully saturated rings. The van der Waals surface area contributed by atoms with Gasteiger partial charge in [0.1, 0.15) is 0 Å². The van der Waals surface area contributed by atoms with E-state index in [1.807, 2.05) is 126 Å². The summed E-state index contributed by atoms with van der Waals surface area (Å²) in [7, 11) is 3.90. The van der Waals surface area contributed by atoms with Gasteiger partial charge in [-0.25, -0.2) is 0 Å². The van der Waals surface area contributed by atoms with Crippen molar-refractivity contribution < 1.29 is 4.74 Å². The molecular formula is C50H87Cl2N3O. The molecule has 0 spiro atoms. The van der Waals surface area contributed by atoms with Crippen molar-refractivity contribution in [3.63, 3.8) is 0 Å². The van der Waals surface area contributed by atoms with E-state index in [4.69, 9.17) is 27.9 Å². The first kappa shape index (κ1) is 67.3. The molecule has 0 saturated carbocycles. The van der Waals surface area contributed by atoms with Crippen LogP contribution in [0.2, 0.25) is 10.0 Å². The molecule has 0 aliphatic carbocycles. The molecule has 0 heterocycles. The Morgan fingerprint density at radius 3 is 2.00 bits per heavy atom. The highest BCUT2D eigenvalue weighted by atomic mass is 35.5. The third-order valence-electron chi connectivity index (χ3n) is 5.50. The SMILES string of the molecule is C#CC.C=CC.C=CCCC(=C)NCCC.CC.CC.CC.CC.CC/C=C(\C=C/C/C(C)=C/COC(C)C)/C=C/C=N/C(=C\N(C)C)c1ccc(Cl)cc1Cl. The van der Waals surface area contributed by atoms with E-state index in [0.717, 1.165) is 61.2 Å². The van der Waals surface area contributed by atoms with E-state index in [0.29, 0.717) is 16.7 Å². The standard InChI is InChI=1S/C27H36Cl2N2O.C9H17N.C3H6.C3H4.4C2H6/c1-7-10-23(12-8-11-22(4)16-18-32-21(2)3)13-9-17-30-27(20-31(5)6)25-15-14-24(28)19-26(25)29;1-4-6-7-9(3)10-8-5-2;2*1-3-2;4*1-2/h8-10,12-17,19-21H,7,11,18H2,1-6H3;4,10H,1,3,5-8H2,2H3;3H,1H2,2H3;1H,2H3;4*1-2H3/b12-8-,13-9+,22-16+,23-10+,27-20-,30-17+;;;;;;;. The summed E-state index contributed by atoms with van der Waals surface area (Å²) in [6, 6.07) is 5.43. The minimum Gasteiger partial charge on any atom is -0.389 e. The lowest BCUT2D eigenvalue weighted by molar-refractivity contribution is 0.102. The fraction of sp³-hybridized carbons (Fsp3) is 0.500. The molecule has 56 heavy (non-hydrogen) atoms. The van der Waals surface area contributed by atoms with E-state index in [1.165, 1.54) is 5.57 Å². The van der Waals surface area contributed by atoms with E-state index >= 15 is 0 Å². The van der Waals surface area contributed by atoms with Crippen LogP contribution in [0.4, 0.5) is 0 Å². The first-order chi connectivity index (χ1) is 26.9. The molecule has 1 N–H and O–H groups in total. The molecule has 0 atom stereocenters. The number of halogens is 2. The largest absolute Gasteiger partial charge is 0.389 e. The van der Waals surface area contributed by atoms with Gasteiger partial charge in [0.2, 0.25) is 0 Å². The van der Waals surface area contributed by atoms with E-state index < -0.39 is 0 Å². The quantitative estimate of drug-likeness (QED) is 0.0694. The number of aliphatic imine (C=N–C) groups is 1. The predicted molar refractivity (Wildman–Crippen MR) is 265 cm³/mol. The minimum atomic E-state index is 0.254. The van der Waals surface area contributed by atoms with Gasteiger partial charge in [0.25, 0.3) is 0 Å². The van der Waals surface area contributed by atoms with Crippen molar-refractivity contribution in [2.75, 3.05) is 27.2 Å². The molecule has 1 aromatic rings. The van der Waals surface area contributed by atoms with Crippen molar-refractivity contribution in [3.05, 3.63) is 125 Å². The topological polar surface area (TPSA) is 36.9 Å². The number of hydrogen-bond donors (Lipinski definition) is 1. The second kappa shape index (κ2) is 58.2. The van der Waals surface area contributed by atoms with Crippen molar-refractivity contribution in [1.82, 2.24) is 10.2 Å². The molecule has 1 aromatic carbocycles. The average Bonchev–Trinajstić information content (AvgIpc) is 3.18. The monoisotopic (exact) mass is 816 g/mol. The number of allylic oxidation sites excluding steroid dienone is 10. The summed E-state index contributed by atoms with van der Waals surface area (Å²) in [5.74, 6) is 2.25. The number of hydrogen-bond acceptors (Lipinski definition) is 4. The molecule has 1 rings (SSSR count). The fourth-order valence-electron chi connectivity index (χ4n) is 3.33. The van der Waals surface area contributed by atoms with E-state index in [1.54, 1.807) is 25.3 Å². The van der Waals surface area contributed by atoms with E-state index in [2.05, 4.69) is 93.5 Å². The van der Waals surface area contributed by atoms with Crippen molar-refractivity contribution >= 4 is 35.1 Å².